The van der Waals surface area contributed by atoms with E-state index >= 15 is 0 Å². The first-order valence-electron chi connectivity index (χ1n) is 11.8. The van der Waals surface area contributed by atoms with Crippen molar-refractivity contribution in [1.82, 2.24) is 10.3 Å². The van der Waals surface area contributed by atoms with E-state index in [1.807, 2.05) is 66.4 Å². The number of hydrogen-bond donors (Lipinski definition) is 2. The van der Waals surface area contributed by atoms with Crippen LogP contribution in [0.1, 0.15) is 29.1 Å². The van der Waals surface area contributed by atoms with Crippen molar-refractivity contribution in [3.8, 4) is 11.3 Å². The summed E-state index contributed by atoms with van der Waals surface area (Å²) in [7, 11) is 1.46. The summed E-state index contributed by atoms with van der Waals surface area (Å²) in [5.41, 5.74) is 3.87. The summed E-state index contributed by atoms with van der Waals surface area (Å²) >= 11 is 18.7. The predicted molar refractivity (Wildman–Crippen MR) is 154 cm³/mol. The number of amides is 1. The number of halogens is 2. The average Bonchev–Trinajstić information content (AvgIpc) is 3.52. The minimum Gasteiger partial charge on any atom is -0.459 e. The first-order valence-corrected chi connectivity index (χ1v) is 13.0. The third-order valence-electron chi connectivity index (χ3n) is 6.33. The Morgan fingerprint density at radius 1 is 1.13 bits per heavy atom. The monoisotopic (exact) mass is 566 g/mol. The van der Waals surface area contributed by atoms with Gasteiger partial charge in [0.2, 0.25) is 5.91 Å². The van der Waals surface area contributed by atoms with Crippen molar-refractivity contribution in [1.29, 1.82) is 0 Å². The number of nitrogens with one attached hydrogen (secondary N) is 2. The molecule has 5 rings (SSSR count). The quantitative estimate of drug-likeness (QED) is 0.240. The maximum absolute atomic E-state index is 12.0. The van der Waals surface area contributed by atoms with Gasteiger partial charge in [0.05, 0.1) is 22.4 Å². The predicted octanol–water partition coefficient (Wildman–Crippen LogP) is 6.72. The van der Waals surface area contributed by atoms with Crippen molar-refractivity contribution in [2.75, 3.05) is 23.9 Å². The Morgan fingerprint density at radius 2 is 1.97 bits per heavy atom. The van der Waals surface area contributed by atoms with Gasteiger partial charge in [-0.2, -0.15) is 0 Å². The van der Waals surface area contributed by atoms with E-state index in [4.69, 9.17) is 44.6 Å². The summed E-state index contributed by atoms with van der Waals surface area (Å²) in [6.07, 6.45) is 1.75. The number of hydrogen-bond acceptors (Lipinski definition) is 5. The number of pyridine rings is 1. The molecule has 0 aliphatic carbocycles. The molecule has 3 heterocycles. The van der Waals surface area contributed by atoms with Crippen LogP contribution in [0.2, 0.25) is 10.0 Å². The lowest BCUT2D eigenvalue weighted by atomic mass is 10.0. The average molecular weight is 567 g/mol. The van der Waals surface area contributed by atoms with E-state index in [2.05, 4.69) is 15.6 Å². The second kappa shape index (κ2) is 11.1. The molecule has 4 aromatic rings. The number of aromatic nitrogens is 1. The smallest absolute Gasteiger partial charge is 0.250 e. The standard InChI is InChI=1S/C28H24Cl2N4O3S/c1-16-18(6-5-7-19(16)29)23-11-12-24(37-23)27-26(22-8-3-4-13-31-22)33-28(38)34(27)17-9-10-21(20(30)14-17)32-25(35)15-36-2/h3-14,26-27H,15H2,1-2H3,(H,32,35)(H,33,38)/t26-,27+/m0/s1. The molecule has 2 aromatic heterocycles. The Labute approximate surface area is 235 Å². The van der Waals surface area contributed by atoms with Crippen LogP contribution in [-0.2, 0) is 9.53 Å². The highest BCUT2D eigenvalue weighted by molar-refractivity contribution is 7.80. The number of rotatable bonds is 7. The van der Waals surface area contributed by atoms with Gasteiger partial charge >= 0.3 is 0 Å². The summed E-state index contributed by atoms with van der Waals surface area (Å²) < 4.78 is 11.3. The van der Waals surface area contributed by atoms with Crippen LogP contribution in [0.3, 0.4) is 0 Å². The van der Waals surface area contributed by atoms with Gasteiger partial charge in [0.25, 0.3) is 0 Å². The fourth-order valence-electron chi connectivity index (χ4n) is 4.53. The molecule has 0 bridgehead atoms. The lowest BCUT2D eigenvalue weighted by molar-refractivity contribution is -0.119. The molecule has 38 heavy (non-hydrogen) atoms. The summed E-state index contributed by atoms with van der Waals surface area (Å²) in [6.45, 7) is 1.89. The highest BCUT2D eigenvalue weighted by Crippen LogP contribution is 2.44. The van der Waals surface area contributed by atoms with E-state index in [1.165, 1.54) is 7.11 Å². The maximum atomic E-state index is 12.0. The largest absolute Gasteiger partial charge is 0.459 e. The number of carbonyl (C=O) groups excluding carboxylic acids is 1. The summed E-state index contributed by atoms with van der Waals surface area (Å²) in [6, 6.07) is 20.1. The first-order chi connectivity index (χ1) is 18.4. The third-order valence-corrected chi connectivity index (χ3v) is 7.37. The zero-order valence-corrected chi connectivity index (χ0v) is 22.9. The third kappa shape index (κ3) is 5.13. The molecule has 10 heteroatoms. The van der Waals surface area contributed by atoms with Crippen molar-refractivity contribution in [3.05, 3.63) is 100.0 Å². The molecule has 2 aromatic carbocycles. The Kier molecular flexibility index (Phi) is 7.67. The molecular formula is C28H24Cl2N4O3S. The van der Waals surface area contributed by atoms with E-state index in [0.717, 1.165) is 22.5 Å². The molecule has 2 N–H and O–H groups in total. The van der Waals surface area contributed by atoms with Crippen molar-refractivity contribution < 1.29 is 13.9 Å². The molecule has 1 amide bonds. The number of methoxy groups -OCH3 is 1. The Bertz CT molecular complexity index is 1490. The Balaban J connectivity index is 1.55. The van der Waals surface area contributed by atoms with Crippen LogP contribution in [0.4, 0.5) is 11.4 Å². The molecule has 0 saturated carbocycles. The van der Waals surface area contributed by atoms with Gasteiger partial charge in [0.15, 0.2) is 5.11 Å². The second-order valence-electron chi connectivity index (χ2n) is 8.76. The second-order valence-corrected chi connectivity index (χ2v) is 9.96. The maximum Gasteiger partial charge on any atom is 0.250 e. The number of furan rings is 1. The van der Waals surface area contributed by atoms with E-state index < -0.39 is 0 Å². The fraction of sp³-hybridized carbons (Fsp3) is 0.179. The molecule has 7 nitrogen and oxygen atoms in total. The van der Waals surface area contributed by atoms with Gasteiger partial charge < -0.3 is 24.7 Å². The number of carbonyl (C=O) groups is 1. The number of anilines is 2. The minimum absolute atomic E-state index is 0.0705. The van der Waals surface area contributed by atoms with E-state index in [0.29, 0.717) is 32.4 Å². The zero-order chi connectivity index (χ0) is 26.8. The first kappa shape index (κ1) is 26.2. The van der Waals surface area contributed by atoms with Crippen molar-refractivity contribution >= 4 is 57.8 Å². The fourth-order valence-corrected chi connectivity index (χ4v) is 5.27. The molecule has 0 unspecified atom stereocenters. The Hall–Kier alpha value is -3.43. The van der Waals surface area contributed by atoms with E-state index in [1.54, 1.807) is 18.3 Å². The van der Waals surface area contributed by atoms with Gasteiger partial charge in [-0.05, 0) is 73.2 Å². The van der Waals surface area contributed by atoms with Crippen LogP contribution < -0.4 is 15.5 Å². The highest BCUT2D eigenvalue weighted by atomic mass is 35.5. The molecule has 0 radical (unpaired) electrons. The number of ether oxygens (including phenoxy) is 1. The summed E-state index contributed by atoms with van der Waals surface area (Å²) in [4.78, 5) is 18.5. The highest BCUT2D eigenvalue weighted by Gasteiger charge is 2.42. The van der Waals surface area contributed by atoms with Crippen molar-refractivity contribution in [2.45, 2.75) is 19.0 Å². The van der Waals surface area contributed by atoms with Crippen LogP contribution in [0, 0.1) is 6.92 Å². The SMILES string of the molecule is COCC(=O)Nc1ccc(N2C(=S)N[C@@H](c3ccccn3)[C@H]2c2ccc(-c3cccc(Cl)c3C)o2)cc1Cl. The van der Waals surface area contributed by atoms with Crippen LogP contribution in [0.25, 0.3) is 11.3 Å². The zero-order valence-electron chi connectivity index (χ0n) is 20.6. The van der Waals surface area contributed by atoms with Gasteiger partial charge in [0.1, 0.15) is 24.2 Å². The normalized spacial score (nSPS) is 16.9. The lowest BCUT2D eigenvalue weighted by Gasteiger charge is -2.26. The van der Waals surface area contributed by atoms with Gasteiger partial charge in [-0.15, -0.1) is 0 Å². The topological polar surface area (TPSA) is 79.6 Å². The lowest BCUT2D eigenvalue weighted by Crippen LogP contribution is -2.29. The molecular weight excluding hydrogens is 543 g/mol. The van der Waals surface area contributed by atoms with E-state index in [-0.39, 0.29) is 24.6 Å². The van der Waals surface area contributed by atoms with Crippen LogP contribution in [0.5, 0.6) is 0 Å². The van der Waals surface area contributed by atoms with Crippen molar-refractivity contribution in [3.63, 3.8) is 0 Å². The van der Waals surface area contributed by atoms with Gasteiger partial charge in [-0.3, -0.25) is 9.78 Å². The van der Waals surface area contributed by atoms with Crippen LogP contribution in [0.15, 0.2) is 77.3 Å². The Morgan fingerprint density at radius 3 is 2.71 bits per heavy atom. The van der Waals surface area contributed by atoms with E-state index in [9.17, 15) is 4.79 Å². The van der Waals surface area contributed by atoms with Crippen LogP contribution >= 0.6 is 35.4 Å². The van der Waals surface area contributed by atoms with Gasteiger partial charge in [0, 0.05) is 29.6 Å². The molecule has 0 spiro atoms. The molecule has 1 saturated heterocycles. The minimum atomic E-state index is -0.365. The number of benzene rings is 2. The van der Waals surface area contributed by atoms with Crippen LogP contribution in [-0.4, -0.2) is 29.7 Å². The van der Waals surface area contributed by atoms with Gasteiger partial charge in [-0.25, -0.2) is 0 Å². The molecule has 1 aliphatic rings. The van der Waals surface area contributed by atoms with Crippen molar-refractivity contribution in [2.24, 2.45) is 0 Å². The molecule has 194 valence electrons. The van der Waals surface area contributed by atoms with Gasteiger partial charge in [-0.1, -0.05) is 41.4 Å². The summed E-state index contributed by atoms with van der Waals surface area (Å²) in [5.74, 6) is 1.09. The summed E-state index contributed by atoms with van der Waals surface area (Å²) in [5, 5.41) is 7.68. The number of thiocarbonyl (C=S) groups is 1. The molecule has 1 fully saturated rings. The molecule has 2 atom stereocenters. The molecule has 1 aliphatic heterocycles. The number of nitrogens with zero attached hydrogens (tertiary/aromatic N) is 2.